The van der Waals surface area contributed by atoms with Crippen LogP contribution in [0.4, 0.5) is 0 Å². The summed E-state index contributed by atoms with van der Waals surface area (Å²) in [6.07, 6.45) is 0. The van der Waals surface area contributed by atoms with Crippen LogP contribution in [-0.2, 0) is 0 Å². The first kappa shape index (κ1) is 10.1. The van der Waals surface area contributed by atoms with E-state index < -0.39 is 5.91 Å². The maximum Gasteiger partial charge on any atom is 0.266 e. The van der Waals surface area contributed by atoms with Crippen molar-refractivity contribution in [2.24, 2.45) is 5.84 Å². The molecule has 0 fully saturated rings. The lowest BCUT2D eigenvalue weighted by Crippen LogP contribution is -2.30. The largest absolute Gasteiger partial charge is 0.506 e. The standard InChI is InChI=1S/C7H6Cl2N2O2/c8-5-3(7(13)11-10)1-2-4(12)6(5)9/h1-2,12H,10H2,(H,11,13). The van der Waals surface area contributed by atoms with Crippen molar-refractivity contribution in [1.29, 1.82) is 0 Å². The molecule has 1 aromatic rings. The Labute approximate surface area is 84.2 Å². The van der Waals surface area contributed by atoms with Gasteiger partial charge in [0.05, 0.1) is 10.6 Å². The van der Waals surface area contributed by atoms with Crippen LogP contribution in [0.1, 0.15) is 10.4 Å². The van der Waals surface area contributed by atoms with Gasteiger partial charge < -0.3 is 5.11 Å². The molecule has 4 N–H and O–H groups in total. The third-order valence-electron chi connectivity index (χ3n) is 1.44. The zero-order valence-corrected chi connectivity index (χ0v) is 7.86. The van der Waals surface area contributed by atoms with Crippen LogP contribution >= 0.6 is 23.2 Å². The van der Waals surface area contributed by atoms with Crippen LogP contribution in [0.5, 0.6) is 5.75 Å². The molecule has 0 aliphatic carbocycles. The summed E-state index contributed by atoms with van der Waals surface area (Å²) in [5.74, 6) is 4.15. The van der Waals surface area contributed by atoms with Gasteiger partial charge in [-0.1, -0.05) is 23.2 Å². The first-order chi connectivity index (χ1) is 6.07. The van der Waals surface area contributed by atoms with E-state index in [0.29, 0.717) is 0 Å². The molecule has 0 aliphatic heterocycles. The van der Waals surface area contributed by atoms with E-state index in [4.69, 9.17) is 34.2 Å². The van der Waals surface area contributed by atoms with Crippen LogP contribution in [0.3, 0.4) is 0 Å². The van der Waals surface area contributed by atoms with Crippen LogP contribution in [0.2, 0.25) is 10.0 Å². The molecule has 6 heteroatoms. The number of carbonyl (C=O) groups is 1. The van der Waals surface area contributed by atoms with Gasteiger partial charge in [0.2, 0.25) is 0 Å². The van der Waals surface area contributed by atoms with Gasteiger partial charge in [-0.15, -0.1) is 0 Å². The highest BCUT2D eigenvalue weighted by atomic mass is 35.5. The van der Waals surface area contributed by atoms with E-state index in [9.17, 15) is 4.79 Å². The van der Waals surface area contributed by atoms with Gasteiger partial charge in [0.25, 0.3) is 5.91 Å². The molecule has 0 aliphatic rings. The van der Waals surface area contributed by atoms with Crippen molar-refractivity contribution >= 4 is 29.1 Å². The third-order valence-corrected chi connectivity index (χ3v) is 2.31. The zero-order chi connectivity index (χ0) is 10.0. The molecule has 0 radical (unpaired) electrons. The Morgan fingerprint density at radius 1 is 1.38 bits per heavy atom. The Bertz CT molecular complexity index is 355. The summed E-state index contributed by atoms with van der Waals surface area (Å²) in [4.78, 5) is 11.0. The Kier molecular flexibility index (Phi) is 2.98. The van der Waals surface area contributed by atoms with Crippen molar-refractivity contribution in [1.82, 2.24) is 5.43 Å². The summed E-state index contributed by atoms with van der Waals surface area (Å²) in [6, 6.07) is 2.59. The molecule has 0 unspecified atom stereocenters. The van der Waals surface area contributed by atoms with Gasteiger partial charge in [0, 0.05) is 0 Å². The molecule has 70 valence electrons. The lowest BCUT2D eigenvalue weighted by molar-refractivity contribution is 0.0954. The van der Waals surface area contributed by atoms with Crippen LogP contribution in [0.25, 0.3) is 0 Å². The van der Waals surface area contributed by atoms with Gasteiger partial charge in [-0.3, -0.25) is 10.2 Å². The van der Waals surface area contributed by atoms with E-state index in [1.165, 1.54) is 12.1 Å². The lowest BCUT2D eigenvalue weighted by Gasteiger charge is -2.04. The molecule has 0 heterocycles. The molecule has 0 atom stereocenters. The molecule has 0 saturated carbocycles. The number of hydrogen-bond acceptors (Lipinski definition) is 3. The number of nitrogens with two attached hydrogens (primary N) is 1. The molecule has 1 amide bonds. The van der Waals surface area contributed by atoms with Crippen molar-refractivity contribution in [3.63, 3.8) is 0 Å². The molecule has 4 nitrogen and oxygen atoms in total. The summed E-state index contributed by atoms with van der Waals surface area (Å²) < 4.78 is 0. The number of amides is 1. The predicted octanol–water partition coefficient (Wildman–Crippen LogP) is 1.30. The highest BCUT2D eigenvalue weighted by Gasteiger charge is 2.14. The Morgan fingerprint density at radius 2 is 2.00 bits per heavy atom. The number of aromatic hydroxyl groups is 1. The van der Waals surface area contributed by atoms with Crippen LogP contribution in [-0.4, -0.2) is 11.0 Å². The fraction of sp³-hybridized carbons (Fsp3) is 0. The number of hydrogen-bond donors (Lipinski definition) is 3. The van der Waals surface area contributed by atoms with Crippen molar-refractivity contribution in [3.8, 4) is 5.75 Å². The minimum absolute atomic E-state index is 0.0235. The van der Waals surface area contributed by atoms with Crippen molar-refractivity contribution in [2.45, 2.75) is 0 Å². The normalized spacial score (nSPS) is 9.77. The summed E-state index contributed by atoms with van der Waals surface area (Å²) in [5.41, 5.74) is 2.02. The molecule has 0 aromatic heterocycles. The Hall–Kier alpha value is -0.970. The van der Waals surface area contributed by atoms with Crippen molar-refractivity contribution in [2.75, 3.05) is 0 Å². The second-order valence-corrected chi connectivity index (χ2v) is 2.99. The molecular weight excluding hydrogens is 215 g/mol. The fourth-order valence-electron chi connectivity index (χ4n) is 0.792. The van der Waals surface area contributed by atoms with E-state index in [1.54, 1.807) is 0 Å². The van der Waals surface area contributed by atoms with E-state index >= 15 is 0 Å². The first-order valence-corrected chi connectivity index (χ1v) is 4.01. The Morgan fingerprint density at radius 3 is 2.54 bits per heavy atom. The van der Waals surface area contributed by atoms with E-state index in [-0.39, 0.29) is 21.4 Å². The molecule has 1 aromatic carbocycles. The van der Waals surface area contributed by atoms with E-state index in [1.807, 2.05) is 5.43 Å². The predicted molar refractivity (Wildman–Crippen MR) is 49.8 cm³/mol. The number of halogens is 2. The van der Waals surface area contributed by atoms with Crippen molar-refractivity contribution < 1.29 is 9.90 Å². The van der Waals surface area contributed by atoms with Gasteiger partial charge >= 0.3 is 0 Å². The van der Waals surface area contributed by atoms with E-state index in [2.05, 4.69) is 0 Å². The summed E-state index contributed by atoms with van der Waals surface area (Å²) in [5, 5.41) is 9.01. The number of benzene rings is 1. The smallest absolute Gasteiger partial charge is 0.266 e. The summed E-state index contributed by atoms with van der Waals surface area (Å²) in [6.45, 7) is 0. The second kappa shape index (κ2) is 3.83. The number of phenolic OH excluding ortho intramolecular Hbond substituents is 1. The van der Waals surface area contributed by atoms with Gasteiger partial charge in [-0.05, 0) is 12.1 Å². The number of nitrogen functional groups attached to an aromatic ring is 1. The van der Waals surface area contributed by atoms with Crippen LogP contribution in [0, 0.1) is 0 Å². The number of carbonyl (C=O) groups excluding carboxylic acids is 1. The quantitative estimate of drug-likeness (QED) is 0.380. The lowest BCUT2D eigenvalue weighted by atomic mass is 10.2. The second-order valence-electron chi connectivity index (χ2n) is 2.23. The molecule has 0 spiro atoms. The maximum absolute atomic E-state index is 11.0. The van der Waals surface area contributed by atoms with Crippen LogP contribution in [0.15, 0.2) is 12.1 Å². The highest BCUT2D eigenvalue weighted by molar-refractivity contribution is 6.44. The van der Waals surface area contributed by atoms with Gasteiger partial charge in [0.15, 0.2) is 0 Å². The molecule has 1 rings (SSSR count). The number of rotatable bonds is 1. The third kappa shape index (κ3) is 1.85. The topological polar surface area (TPSA) is 75.3 Å². The zero-order valence-electron chi connectivity index (χ0n) is 6.34. The number of phenols is 1. The maximum atomic E-state index is 11.0. The van der Waals surface area contributed by atoms with E-state index in [0.717, 1.165) is 0 Å². The molecular formula is C7H6Cl2N2O2. The Balaban J connectivity index is 3.26. The van der Waals surface area contributed by atoms with Gasteiger partial charge in [-0.2, -0.15) is 0 Å². The SMILES string of the molecule is NNC(=O)c1ccc(O)c(Cl)c1Cl. The van der Waals surface area contributed by atoms with Gasteiger partial charge in [0.1, 0.15) is 10.8 Å². The molecule has 13 heavy (non-hydrogen) atoms. The average molecular weight is 221 g/mol. The van der Waals surface area contributed by atoms with Gasteiger partial charge in [-0.25, -0.2) is 5.84 Å². The average Bonchev–Trinajstić information content (AvgIpc) is 2.13. The van der Waals surface area contributed by atoms with Crippen molar-refractivity contribution in [3.05, 3.63) is 27.7 Å². The monoisotopic (exact) mass is 220 g/mol. The summed E-state index contributed by atoms with van der Waals surface area (Å²) >= 11 is 11.2. The number of nitrogens with one attached hydrogen (secondary N) is 1. The molecule has 0 bridgehead atoms. The first-order valence-electron chi connectivity index (χ1n) is 3.26. The minimum atomic E-state index is -0.563. The van der Waals surface area contributed by atoms with Crippen LogP contribution < -0.4 is 11.3 Å². The number of hydrazine groups is 1. The summed E-state index contributed by atoms with van der Waals surface area (Å²) in [7, 11) is 0. The minimum Gasteiger partial charge on any atom is -0.506 e. The molecule has 0 saturated heterocycles. The highest BCUT2D eigenvalue weighted by Crippen LogP contribution is 2.33. The fourth-order valence-corrected chi connectivity index (χ4v) is 1.20.